The summed E-state index contributed by atoms with van der Waals surface area (Å²) in [5.41, 5.74) is 0.676. The highest BCUT2D eigenvalue weighted by Gasteiger charge is 2.16. The summed E-state index contributed by atoms with van der Waals surface area (Å²) in [7, 11) is 0. The van der Waals surface area contributed by atoms with E-state index in [0.29, 0.717) is 32.0 Å². The van der Waals surface area contributed by atoms with Gasteiger partial charge < -0.3 is 15.0 Å². The van der Waals surface area contributed by atoms with Gasteiger partial charge in [-0.3, -0.25) is 4.79 Å². The van der Waals surface area contributed by atoms with Crippen molar-refractivity contribution < 1.29 is 18.3 Å². The lowest BCUT2D eigenvalue weighted by atomic mass is 10.2. The minimum absolute atomic E-state index is 0.0786. The van der Waals surface area contributed by atoms with Gasteiger partial charge in [0.1, 0.15) is 11.6 Å². The van der Waals surface area contributed by atoms with Gasteiger partial charge in [0, 0.05) is 18.8 Å². The number of halogens is 2. The molecule has 3 rings (SSSR count). The predicted molar refractivity (Wildman–Crippen MR) is 83.8 cm³/mol. The summed E-state index contributed by atoms with van der Waals surface area (Å²) in [4.78, 5) is 13.9. The van der Waals surface area contributed by atoms with Crippen LogP contribution < -0.4 is 10.2 Å². The van der Waals surface area contributed by atoms with Crippen LogP contribution in [0.3, 0.4) is 0 Å². The average Bonchev–Trinajstić information content (AvgIpc) is 2.56. The first-order chi connectivity index (χ1) is 11.1. The fraction of sp³-hybridized carbons (Fsp3) is 0.235. The number of morpholine rings is 1. The van der Waals surface area contributed by atoms with E-state index < -0.39 is 17.5 Å². The van der Waals surface area contributed by atoms with E-state index in [1.807, 2.05) is 4.90 Å². The Kier molecular flexibility index (Phi) is 4.52. The summed E-state index contributed by atoms with van der Waals surface area (Å²) < 4.78 is 33.1. The standard InChI is InChI=1S/C17H16F2N2O2/c18-14-4-2-1-3-13(14)17(22)20-12-5-6-16(15(19)11-12)21-7-9-23-10-8-21/h1-6,11H,7-10H2,(H,20,22). The second-order valence-corrected chi connectivity index (χ2v) is 5.20. The molecule has 0 aliphatic carbocycles. The second kappa shape index (κ2) is 6.75. The average molecular weight is 318 g/mol. The molecule has 6 heteroatoms. The van der Waals surface area contributed by atoms with Crippen LogP contribution in [-0.4, -0.2) is 32.2 Å². The van der Waals surface area contributed by atoms with Crippen molar-refractivity contribution in [2.45, 2.75) is 0 Å². The quantitative estimate of drug-likeness (QED) is 0.946. The van der Waals surface area contributed by atoms with Crippen LogP contribution in [0.4, 0.5) is 20.2 Å². The van der Waals surface area contributed by atoms with Gasteiger partial charge in [0.05, 0.1) is 24.5 Å². The zero-order valence-electron chi connectivity index (χ0n) is 12.4. The number of nitrogens with one attached hydrogen (secondary N) is 1. The molecule has 2 aromatic rings. The molecule has 1 aliphatic rings. The fourth-order valence-corrected chi connectivity index (χ4v) is 2.49. The van der Waals surface area contributed by atoms with E-state index in [0.717, 1.165) is 0 Å². The van der Waals surface area contributed by atoms with Crippen molar-refractivity contribution in [3.8, 4) is 0 Å². The van der Waals surface area contributed by atoms with Gasteiger partial charge in [0.25, 0.3) is 5.91 Å². The number of nitrogens with zero attached hydrogens (tertiary/aromatic N) is 1. The second-order valence-electron chi connectivity index (χ2n) is 5.20. The Labute approximate surface area is 132 Å². The van der Waals surface area contributed by atoms with Gasteiger partial charge >= 0.3 is 0 Å². The smallest absolute Gasteiger partial charge is 0.258 e. The van der Waals surface area contributed by atoms with Crippen LogP contribution in [-0.2, 0) is 4.74 Å². The Morgan fingerprint density at radius 3 is 2.48 bits per heavy atom. The molecule has 0 unspecified atom stereocenters. The number of carbonyl (C=O) groups is 1. The molecule has 0 radical (unpaired) electrons. The Morgan fingerprint density at radius 2 is 1.78 bits per heavy atom. The molecule has 0 spiro atoms. The van der Waals surface area contributed by atoms with Crippen molar-refractivity contribution in [3.05, 3.63) is 59.7 Å². The van der Waals surface area contributed by atoms with Gasteiger partial charge in [0.15, 0.2) is 0 Å². The molecule has 0 bridgehead atoms. The van der Waals surface area contributed by atoms with E-state index in [1.165, 1.54) is 24.3 Å². The number of carbonyl (C=O) groups excluding carboxylic acids is 1. The molecular formula is C17H16F2N2O2. The van der Waals surface area contributed by atoms with Crippen LogP contribution in [0.1, 0.15) is 10.4 Å². The third-order valence-corrected chi connectivity index (χ3v) is 3.68. The summed E-state index contributed by atoms with van der Waals surface area (Å²) >= 11 is 0. The van der Waals surface area contributed by atoms with Gasteiger partial charge in [-0.05, 0) is 30.3 Å². The molecule has 1 fully saturated rings. The number of hydrogen-bond acceptors (Lipinski definition) is 3. The molecule has 1 heterocycles. The molecule has 2 aromatic carbocycles. The van der Waals surface area contributed by atoms with Crippen LogP contribution in [0.25, 0.3) is 0 Å². The third-order valence-electron chi connectivity index (χ3n) is 3.68. The van der Waals surface area contributed by atoms with Crippen LogP contribution in [0.15, 0.2) is 42.5 Å². The number of ether oxygens (including phenoxy) is 1. The molecule has 0 atom stereocenters. The molecule has 0 saturated carbocycles. The molecule has 23 heavy (non-hydrogen) atoms. The molecule has 4 nitrogen and oxygen atoms in total. The zero-order valence-corrected chi connectivity index (χ0v) is 12.4. The van der Waals surface area contributed by atoms with Crippen LogP contribution >= 0.6 is 0 Å². The van der Waals surface area contributed by atoms with Gasteiger partial charge in [-0.2, -0.15) is 0 Å². The first-order valence-corrected chi connectivity index (χ1v) is 7.33. The van der Waals surface area contributed by atoms with E-state index >= 15 is 0 Å². The summed E-state index contributed by atoms with van der Waals surface area (Å²) in [5, 5.41) is 2.51. The van der Waals surface area contributed by atoms with Gasteiger partial charge in [0.2, 0.25) is 0 Å². The predicted octanol–water partition coefficient (Wildman–Crippen LogP) is 3.05. The van der Waals surface area contributed by atoms with E-state index in [-0.39, 0.29) is 11.3 Å². The fourth-order valence-electron chi connectivity index (χ4n) is 2.49. The van der Waals surface area contributed by atoms with Crippen molar-refractivity contribution >= 4 is 17.3 Å². The van der Waals surface area contributed by atoms with Crippen LogP contribution in [0.2, 0.25) is 0 Å². The zero-order chi connectivity index (χ0) is 16.2. The van der Waals surface area contributed by atoms with Crippen molar-refractivity contribution in [2.24, 2.45) is 0 Å². The number of hydrogen-bond donors (Lipinski definition) is 1. The Balaban J connectivity index is 1.75. The van der Waals surface area contributed by atoms with E-state index in [9.17, 15) is 13.6 Å². The summed E-state index contributed by atoms with van der Waals surface area (Å²) in [6.07, 6.45) is 0. The Hall–Kier alpha value is -2.47. The largest absolute Gasteiger partial charge is 0.378 e. The monoisotopic (exact) mass is 318 g/mol. The van der Waals surface area contributed by atoms with Crippen LogP contribution in [0.5, 0.6) is 0 Å². The van der Waals surface area contributed by atoms with E-state index in [2.05, 4.69) is 5.32 Å². The summed E-state index contributed by atoms with van der Waals surface area (Å²) in [6, 6.07) is 10.1. The topological polar surface area (TPSA) is 41.6 Å². The summed E-state index contributed by atoms with van der Waals surface area (Å²) in [6.45, 7) is 2.37. The van der Waals surface area contributed by atoms with E-state index in [1.54, 1.807) is 18.2 Å². The SMILES string of the molecule is O=C(Nc1ccc(N2CCOCC2)c(F)c1)c1ccccc1F. The van der Waals surface area contributed by atoms with Gasteiger partial charge in [-0.25, -0.2) is 8.78 Å². The minimum Gasteiger partial charge on any atom is -0.378 e. The van der Waals surface area contributed by atoms with Crippen molar-refractivity contribution in [3.63, 3.8) is 0 Å². The number of amides is 1. The number of rotatable bonds is 3. The third kappa shape index (κ3) is 3.48. The normalized spacial score (nSPS) is 14.6. The maximum Gasteiger partial charge on any atom is 0.258 e. The Bertz CT molecular complexity index is 715. The van der Waals surface area contributed by atoms with Crippen molar-refractivity contribution in [1.82, 2.24) is 0 Å². The highest BCUT2D eigenvalue weighted by atomic mass is 19.1. The van der Waals surface area contributed by atoms with Crippen molar-refractivity contribution in [2.75, 3.05) is 36.5 Å². The highest BCUT2D eigenvalue weighted by molar-refractivity contribution is 6.04. The van der Waals surface area contributed by atoms with Gasteiger partial charge in [-0.15, -0.1) is 0 Å². The molecule has 1 N–H and O–H groups in total. The maximum absolute atomic E-state index is 14.3. The maximum atomic E-state index is 14.3. The highest BCUT2D eigenvalue weighted by Crippen LogP contribution is 2.24. The lowest BCUT2D eigenvalue weighted by molar-refractivity contribution is 0.102. The number of anilines is 2. The summed E-state index contributed by atoms with van der Waals surface area (Å²) in [5.74, 6) is -1.66. The first-order valence-electron chi connectivity index (χ1n) is 7.33. The first kappa shape index (κ1) is 15.4. The molecule has 1 saturated heterocycles. The minimum atomic E-state index is -0.615. The molecular weight excluding hydrogens is 302 g/mol. The molecule has 1 aliphatic heterocycles. The molecule has 1 amide bonds. The molecule has 0 aromatic heterocycles. The number of benzene rings is 2. The molecule has 120 valence electrons. The van der Waals surface area contributed by atoms with Crippen LogP contribution in [0, 0.1) is 11.6 Å². The Morgan fingerprint density at radius 1 is 1.04 bits per heavy atom. The lowest BCUT2D eigenvalue weighted by Gasteiger charge is -2.29. The van der Waals surface area contributed by atoms with Gasteiger partial charge in [-0.1, -0.05) is 12.1 Å². The lowest BCUT2D eigenvalue weighted by Crippen LogP contribution is -2.36. The van der Waals surface area contributed by atoms with Crippen molar-refractivity contribution in [1.29, 1.82) is 0 Å². The van der Waals surface area contributed by atoms with E-state index in [4.69, 9.17) is 4.74 Å².